The highest BCUT2D eigenvalue weighted by atomic mass is 16.6. The fourth-order valence-corrected chi connectivity index (χ4v) is 3.15. The van der Waals surface area contributed by atoms with E-state index in [1.165, 1.54) is 24.3 Å². The van der Waals surface area contributed by atoms with Crippen LogP contribution in [0, 0.1) is 17.0 Å². The molecule has 0 saturated heterocycles. The molecule has 0 saturated carbocycles. The topological polar surface area (TPSA) is 101 Å². The van der Waals surface area contributed by atoms with Gasteiger partial charge in [0.05, 0.1) is 10.5 Å². The number of carbonyl (C=O) groups excluding carboxylic acids is 1. The van der Waals surface area contributed by atoms with Gasteiger partial charge in [-0.15, -0.1) is 0 Å². The number of ketones is 1. The van der Waals surface area contributed by atoms with Crippen molar-refractivity contribution in [3.8, 4) is 11.5 Å². The summed E-state index contributed by atoms with van der Waals surface area (Å²) in [5.41, 5.74) is 2.46. The van der Waals surface area contributed by atoms with Gasteiger partial charge in [-0.2, -0.15) is 0 Å². The molecule has 6 heteroatoms. The lowest BCUT2D eigenvalue weighted by molar-refractivity contribution is -0.385. The Balaban J connectivity index is 2.12. The Bertz CT molecular complexity index is 914. The van der Waals surface area contributed by atoms with Crippen molar-refractivity contribution in [3.05, 3.63) is 68.3 Å². The lowest BCUT2D eigenvalue weighted by atomic mass is 9.95. The molecule has 1 atom stereocenters. The number of nitro benzene ring substituents is 1. The van der Waals surface area contributed by atoms with E-state index in [-0.39, 0.29) is 17.5 Å². The van der Waals surface area contributed by atoms with E-state index in [0.29, 0.717) is 16.7 Å². The predicted molar refractivity (Wildman–Crippen MR) is 88.3 cm³/mol. The minimum atomic E-state index is -0.679. The molecule has 2 N–H and O–H groups in total. The van der Waals surface area contributed by atoms with Gasteiger partial charge in [0.15, 0.2) is 11.5 Å². The molecule has 24 heavy (non-hydrogen) atoms. The molecule has 2 aromatic carbocycles. The third kappa shape index (κ3) is 2.32. The first-order chi connectivity index (χ1) is 11.3. The summed E-state index contributed by atoms with van der Waals surface area (Å²) in [6.45, 7) is 3.73. The van der Waals surface area contributed by atoms with E-state index in [4.69, 9.17) is 0 Å². The number of rotatable bonds is 2. The van der Waals surface area contributed by atoms with Gasteiger partial charge >= 0.3 is 5.69 Å². The molecule has 0 aliphatic heterocycles. The standard InChI is InChI=1S/C18H15NO5/c1-9-3-5-15(21)17-16(9)10(2)12(18(17)22)7-11-4-6-14(20)13(8-11)19(23)24/h3-8,10,20-21H,1-2H3/b12-7+. The van der Waals surface area contributed by atoms with E-state index in [1.54, 1.807) is 12.1 Å². The largest absolute Gasteiger partial charge is 0.507 e. The molecule has 0 fully saturated rings. The number of benzene rings is 2. The van der Waals surface area contributed by atoms with Crippen molar-refractivity contribution in [2.24, 2.45) is 0 Å². The van der Waals surface area contributed by atoms with Crippen LogP contribution in [0.1, 0.15) is 39.9 Å². The third-order valence-electron chi connectivity index (χ3n) is 4.35. The molecule has 3 rings (SSSR count). The number of nitro groups is 1. The number of aromatic hydroxyl groups is 2. The van der Waals surface area contributed by atoms with E-state index < -0.39 is 16.4 Å². The minimum Gasteiger partial charge on any atom is -0.507 e. The Labute approximate surface area is 137 Å². The Morgan fingerprint density at radius 1 is 1.17 bits per heavy atom. The summed E-state index contributed by atoms with van der Waals surface area (Å²) < 4.78 is 0. The number of allylic oxidation sites excluding steroid dienone is 1. The highest BCUT2D eigenvalue weighted by Crippen LogP contribution is 2.44. The summed E-state index contributed by atoms with van der Waals surface area (Å²) in [6, 6.07) is 7.20. The Morgan fingerprint density at radius 2 is 1.83 bits per heavy atom. The number of nitrogens with zero attached hydrogens (tertiary/aromatic N) is 1. The SMILES string of the molecule is Cc1ccc(O)c2c1C(C)/C(=C\c1ccc(O)c([N+](=O)[O-])c1)C2=O. The Hall–Kier alpha value is -3.15. The third-order valence-corrected chi connectivity index (χ3v) is 4.35. The van der Waals surface area contributed by atoms with Crippen LogP contribution in [0.3, 0.4) is 0 Å². The zero-order valence-electron chi connectivity index (χ0n) is 13.1. The first kappa shape index (κ1) is 15.7. The van der Waals surface area contributed by atoms with Crippen LogP contribution in [-0.2, 0) is 0 Å². The van der Waals surface area contributed by atoms with Gasteiger partial charge in [-0.05, 0) is 41.8 Å². The van der Waals surface area contributed by atoms with Crippen molar-refractivity contribution in [3.63, 3.8) is 0 Å². The maximum atomic E-state index is 12.7. The number of fused-ring (bicyclic) bond motifs is 1. The molecule has 0 amide bonds. The highest BCUT2D eigenvalue weighted by molar-refractivity contribution is 6.18. The lowest BCUT2D eigenvalue weighted by Gasteiger charge is -2.09. The first-order valence-corrected chi connectivity index (χ1v) is 7.37. The molecular weight excluding hydrogens is 310 g/mol. The number of hydrogen-bond acceptors (Lipinski definition) is 5. The van der Waals surface area contributed by atoms with Gasteiger partial charge in [0.25, 0.3) is 0 Å². The quantitative estimate of drug-likeness (QED) is 0.498. The predicted octanol–water partition coefficient (Wildman–Crippen LogP) is 3.70. The van der Waals surface area contributed by atoms with Crippen molar-refractivity contribution in [2.75, 3.05) is 0 Å². The van der Waals surface area contributed by atoms with E-state index in [1.807, 2.05) is 13.8 Å². The van der Waals surface area contributed by atoms with Crippen LogP contribution < -0.4 is 0 Å². The summed E-state index contributed by atoms with van der Waals surface area (Å²) in [6.07, 6.45) is 1.57. The molecule has 1 unspecified atom stereocenters. The van der Waals surface area contributed by atoms with Crippen molar-refractivity contribution in [2.45, 2.75) is 19.8 Å². The van der Waals surface area contributed by atoms with Gasteiger partial charge in [-0.25, -0.2) is 0 Å². The van der Waals surface area contributed by atoms with Crippen molar-refractivity contribution < 1.29 is 19.9 Å². The summed E-state index contributed by atoms with van der Waals surface area (Å²) >= 11 is 0. The molecular formula is C18H15NO5. The second kappa shape index (κ2) is 5.49. The van der Waals surface area contributed by atoms with E-state index >= 15 is 0 Å². The number of phenolic OH excluding ortho intramolecular Hbond substituents is 2. The van der Waals surface area contributed by atoms with Crippen LogP contribution in [0.2, 0.25) is 0 Å². The number of aryl methyl sites for hydroxylation is 1. The second-order valence-corrected chi connectivity index (χ2v) is 5.85. The molecule has 0 radical (unpaired) electrons. The summed E-state index contributed by atoms with van der Waals surface area (Å²) in [4.78, 5) is 22.9. The van der Waals surface area contributed by atoms with Crippen molar-refractivity contribution >= 4 is 17.5 Å². The zero-order valence-corrected chi connectivity index (χ0v) is 13.1. The smallest absolute Gasteiger partial charge is 0.311 e. The second-order valence-electron chi connectivity index (χ2n) is 5.85. The lowest BCUT2D eigenvalue weighted by Crippen LogP contribution is -1.98. The Kier molecular flexibility index (Phi) is 3.60. The number of hydrogen-bond donors (Lipinski definition) is 2. The van der Waals surface area contributed by atoms with Gasteiger partial charge in [0.2, 0.25) is 0 Å². The molecule has 1 aliphatic carbocycles. The van der Waals surface area contributed by atoms with Gasteiger partial charge in [0.1, 0.15) is 5.75 Å². The van der Waals surface area contributed by atoms with Gasteiger partial charge in [-0.3, -0.25) is 14.9 Å². The molecule has 1 aliphatic rings. The molecule has 0 aromatic heterocycles. The Morgan fingerprint density at radius 3 is 2.46 bits per heavy atom. The molecule has 2 aromatic rings. The molecule has 0 spiro atoms. The maximum Gasteiger partial charge on any atom is 0.311 e. The van der Waals surface area contributed by atoms with Crippen molar-refractivity contribution in [1.82, 2.24) is 0 Å². The fourth-order valence-electron chi connectivity index (χ4n) is 3.15. The normalized spacial score (nSPS) is 18.0. The summed E-state index contributed by atoms with van der Waals surface area (Å²) in [5, 5.41) is 30.5. The van der Waals surface area contributed by atoms with Gasteiger partial charge in [-0.1, -0.05) is 19.1 Å². The maximum absolute atomic E-state index is 12.7. The van der Waals surface area contributed by atoms with Crippen LogP contribution >= 0.6 is 0 Å². The average Bonchev–Trinajstić information content (AvgIpc) is 2.78. The number of phenols is 2. The molecule has 0 heterocycles. The molecule has 6 nitrogen and oxygen atoms in total. The van der Waals surface area contributed by atoms with E-state index in [2.05, 4.69) is 0 Å². The van der Waals surface area contributed by atoms with Crippen molar-refractivity contribution in [1.29, 1.82) is 0 Å². The monoisotopic (exact) mass is 325 g/mol. The van der Waals surface area contributed by atoms with Crippen LogP contribution in [-0.4, -0.2) is 20.9 Å². The van der Waals surface area contributed by atoms with Gasteiger partial charge < -0.3 is 10.2 Å². The first-order valence-electron chi connectivity index (χ1n) is 7.37. The van der Waals surface area contributed by atoms with Crippen LogP contribution in [0.4, 0.5) is 5.69 Å². The van der Waals surface area contributed by atoms with Crippen LogP contribution in [0.25, 0.3) is 6.08 Å². The molecule has 0 bridgehead atoms. The van der Waals surface area contributed by atoms with Crippen LogP contribution in [0.5, 0.6) is 11.5 Å². The minimum absolute atomic E-state index is 0.0625. The summed E-state index contributed by atoms with van der Waals surface area (Å²) in [5.74, 6) is -1.00. The molecule has 122 valence electrons. The van der Waals surface area contributed by atoms with E-state index in [0.717, 1.165) is 11.1 Å². The van der Waals surface area contributed by atoms with Crippen LogP contribution in [0.15, 0.2) is 35.9 Å². The zero-order chi connectivity index (χ0) is 17.6. The number of Topliss-reactive ketones (excluding diaryl/α,β-unsaturated/α-hetero) is 1. The number of carbonyl (C=O) groups is 1. The summed E-state index contributed by atoms with van der Waals surface area (Å²) in [7, 11) is 0. The highest BCUT2D eigenvalue weighted by Gasteiger charge is 2.35. The fraction of sp³-hybridized carbons (Fsp3) is 0.167. The average molecular weight is 325 g/mol. The van der Waals surface area contributed by atoms with Gasteiger partial charge in [0, 0.05) is 17.6 Å². The van der Waals surface area contributed by atoms with E-state index in [9.17, 15) is 25.1 Å².